The van der Waals surface area contributed by atoms with E-state index in [0.29, 0.717) is 12.4 Å². The van der Waals surface area contributed by atoms with Crippen LogP contribution in [0.4, 0.5) is 0 Å². The average Bonchev–Trinajstić information content (AvgIpc) is 3.13. The lowest BCUT2D eigenvalue weighted by molar-refractivity contribution is 0.204. The van der Waals surface area contributed by atoms with Crippen LogP contribution in [0.5, 0.6) is 5.75 Å². The van der Waals surface area contributed by atoms with Gasteiger partial charge in [-0.2, -0.15) is 0 Å². The van der Waals surface area contributed by atoms with Crippen LogP contribution >= 0.6 is 0 Å². The molecule has 0 fully saturated rings. The standard InChI is InChI=1S/C28H32N2O2/c1-19-11-10-12-20(2)27(19)32-16-9-8-15-30-25-18-22(4)21(3)17-24(25)29-28(30)26(31)23-13-6-5-7-14-23/h5-7,10-14,17-18,26,31H,8-9,15-16H2,1-4H3. The van der Waals surface area contributed by atoms with Gasteiger partial charge >= 0.3 is 0 Å². The summed E-state index contributed by atoms with van der Waals surface area (Å²) in [6, 6.07) is 20.3. The number of benzene rings is 3. The summed E-state index contributed by atoms with van der Waals surface area (Å²) in [6.07, 6.45) is 1.12. The second kappa shape index (κ2) is 9.58. The predicted molar refractivity (Wildman–Crippen MR) is 130 cm³/mol. The highest BCUT2D eigenvalue weighted by atomic mass is 16.5. The number of para-hydroxylation sites is 1. The van der Waals surface area contributed by atoms with Crippen LogP contribution in [0.15, 0.2) is 60.7 Å². The van der Waals surface area contributed by atoms with Gasteiger partial charge in [-0.25, -0.2) is 4.98 Å². The minimum atomic E-state index is -0.755. The van der Waals surface area contributed by atoms with Crippen molar-refractivity contribution in [2.45, 2.75) is 53.2 Å². The van der Waals surface area contributed by atoms with Crippen molar-refractivity contribution in [1.29, 1.82) is 0 Å². The second-order valence-corrected chi connectivity index (χ2v) is 8.64. The van der Waals surface area contributed by atoms with Gasteiger partial charge in [0.2, 0.25) is 0 Å². The fourth-order valence-electron chi connectivity index (χ4n) is 4.20. The highest BCUT2D eigenvalue weighted by Crippen LogP contribution is 2.28. The molecule has 32 heavy (non-hydrogen) atoms. The van der Waals surface area contributed by atoms with Gasteiger partial charge in [-0.15, -0.1) is 0 Å². The minimum absolute atomic E-state index is 0.674. The Morgan fingerprint density at radius 3 is 2.25 bits per heavy atom. The first-order valence-corrected chi connectivity index (χ1v) is 11.3. The van der Waals surface area contributed by atoms with Gasteiger partial charge in [0, 0.05) is 6.54 Å². The SMILES string of the molecule is Cc1cc2nc(C(O)c3ccccc3)n(CCCCOc3c(C)cccc3C)c2cc1C. The molecule has 1 atom stereocenters. The van der Waals surface area contributed by atoms with Crippen molar-refractivity contribution in [2.75, 3.05) is 6.61 Å². The quantitative estimate of drug-likeness (QED) is 0.339. The maximum absolute atomic E-state index is 11.1. The summed E-state index contributed by atoms with van der Waals surface area (Å²) in [7, 11) is 0. The van der Waals surface area contributed by atoms with Crippen molar-refractivity contribution in [2.24, 2.45) is 0 Å². The van der Waals surface area contributed by atoms with E-state index in [1.54, 1.807) is 0 Å². The minimum Gasteiger partial charge on any atom is -0.493 e. The Balaban J connectivity index is 1.53. The van der Waals surface area contributed by atoms with E-state index in [4.69, 9.17) is 9.72 Å². The van der Waals surface area contributed by atoms with Gasteiger partial charge in [-0.1, -0.05) is 48.5 Å². The Morgan fingerprint density at radius 1 is 0.844 bits per heavy atom. The summed E-state index contributed by atoms with van der Waals surface area (Å²) in [5.41, 5.74) is 7.66. The van der Waals surface area contributed by atoms with Crippen molar-refractivity contribution in [3.8, 4) is 5.75 Å². The summed E-state index contributed by atoms with van der Waals surface area (Å²) >= 11 is 0. The number of rotatable bonds is 8. The fourth-order valence-corrected chi connectivity index (χ4v) is 4.20. The third-order valence-corrected chi connectivity index (χ3v) is 6.18. The monoisotopic (exact) mass is 428 g/mol. The van der Waals surface area contributed by atoms with E-state index in [2.05, 4.69) is 62.6 Å². The summed E-state index contributed by atoms with van der Waals surface area (Å²) in [5, 5.41) is 11.1. The number of hydrogen-bond acceptors (Lipinski definition) is 3. The Morgan fingerprint density at radius 2 is 1.53 bits per heavy atom. The van der Waals surface area contributed by atoms with Crippen LogP contribution in [0.1, 0.15) is 52.6 Å². The number of fused-ring (bicyclic) bond motifs is 1. The number of aliphatic hydroxyl groups excluding tert-OH is 1. The van der Waals surface area contributed by atoms with Gasteiger partial charge < -0.3 is 14.4 Å². The number of nitrogens with zero attached hydrogens (tertiary/aromatic N) is 2. The van der Waals surface area contributed by atoms with E-state index in [1.807, 2.05) is 30.3 Å². The summed E-state index contributed by atoms with van der Waals surface area (Å²) in [6.45, 7) is 9.86. The number of aromatic nitrogens is 2. The second-order valence-electron chi connectivity index (χ2n) is 8.64. The van der Waals surface area contributed by atoms with Crippen molar-refractivity contribution >= 4 is 11.0 Å². The van der Waals surface area contributed by atoms with Gasteiger partial charge in [0.05, 0.1) is 17.6 Å². The van der Waals surface area contributed by atoms with Gasteiger partial charge in [0.15, 0.2) is 0 Å². The molecule has 0 amide bonds. The predicted octanol–water partition coefficient (Wildman–Crippen LogP) is 6.21. The molecule has 0 aliphatic heterocycles. The van der Waals surface area contributed by atoms with Crippen LogP contribution in [0.2, 0.25) is 0 Å². The number of ether oxygens (including phenoxy) is 1. The molecule has 1 N–H and O–H groups in total. The smallest absolute Gasteiger partial charge is 0.143 e. The molecule has 0 aliphatic rings. The van der Waals surface area contributed by atoms with Gasteiger partial charge in [-0.3, -0.25) is 0 Å². The molecule has 4 heteroatoms. The molecule has 4 nitrogen and oxygen atoms in total. The molecule has 0 saturated carbocycles. The van der Waals surface area contributed by atoms with E-state index in [-0.39, 0.29) is 0 Å². The summed E-state index contributed by atoms with van der Waals surface area (Å²) in [5.74, 6) is 1.69. The van der Waals surface area contributed by atoms with Gasteiger partial charge in [0.1, 0.15) is 17.7 Å². The molecule has 0 spiro atoms. The lowest BCUT2D eigenvalue weighted by atomic mass is 10.1. The first-order valence-electron chi connectivity index (χ1n) is 11.3. The maximum atomic E-state index is 11.1. The third-order valence-electron chi connectivity index (χ3n) is 6.18. The molecule has 166 valence electrons. The zero-order chi connectivity index (χ0) is 22.7. The lowest BCUT2D eigenvalue weighted by Gasteiger charge is -2.15. The first kappa shape index (κ1) is 22.1. The van der Waals surface area contributed by atoms with Crippen LogP contribution in [0.25, 0.3) is 11.0 Å². The zero-order valence-corrected chi connectivity index (χ0v) is 19.4. The Bertz CT molecular complexity index is 1190. The van der Waals surface area contributed by atoms with E-state index in [9.17, 15) is 5.11 Å². The number of hydrogen-bond donors (Lipinski definition) is 1. The molecule has 0 saturated heterocycles. The molecule has 3 aromatic carbocycles. The first-order chi connectivity index (χ1) is 15.5. The van der Waals surface area contributed by atoms with E-state index < -0.39 is 6.10 Å². The lowest BCUT2D eigenvalue weighted by Crippen LogP contribution is -2.11. The highest BCUT2D eigenvalue weighted by molar-refractivity contribution is 5.78. The van der Waals surface area contributed by atoms with Crippen LogP contribution in [0, 0.1) is 27.7 Å². The number of aliphatic hydroxyl groups is 1. The average molecular weight is 429 g/mol. The number of aryl methyl sites for hydroxylation is 5. The fraction of sp³-hybridized carbons (Fsp3) is 0.321. The van der Waals surface area contributed by atoms with Crippen molar-refractivity contribution < 1.29 is 9.84 Å². The number of unbranched alkanes of at least 4 members (excludes halogenated alkanes) is 1. The summed E-state index contributed by atoms with van der Waals surface area (Å²) < 4.78 is 8.26. The Labute approximate surface area is 190 Å². The van der Waals surface area contributed by atoms with Crippen LogP contribution < -0.4 is 4.74 Å². The van der Waals surface area contributed by atoms with Crippen molar-refractivity contribution in [3.63, 3.8) is 0 Å². The van der Waals surface area contributed by atoms with E-state index in [0.717, 1.165) is 41.7 Å². The Hall–Kier alpha value is -3.11. The molecular formula is C28H32N2O2. The van der Waals surface area contributed by atoms with Crippen LogP contribution in [-0.2, 0) is 6.54 Å². The van der Waals surface area contributed by atoms with Crippen LogP contribution in [-0.4, -0.2) is 21.3 Å². The molecule has 0 bridgehead atoms. The van der Waals surface area contributed by atoms with Crippen LogP contribution in [0.3, 0.4) is 0 Å². The molecule has 1 heterocycles. The number of imidazole rings is 1. The topological polar surface area (TPSA) is 47.3 Å². The van der Waals surface area contributed by atoms with Crippen molar-refractivity contribution in [1.82, 2.24) is 9.55 Å². The normalized spacial score (nSPS) is 12.3. The molecular weight excluding hydrogens is 396 g/mol. The van der Waals surface area contributed by atoms with Gasteiger partial charge in [0.25, 0.3) is 0 Å². The molecule has 1 aromatic heterocycles. The Kier molecular flexibility index (Phi) is 6.61. The molecule has 4 rings (SSSR count). The molecule has 4 aromatic rings. The third kappa shape index (κ3) is 4.56. The van der Waals surface area contributed by atoms with E-state index >= 15 is 0 Å². The zero-order valence-electron chi connectivity index (χ0n) is 19.4. The van der Waals surface area contributed by atoms with Gasteiger partial charge in [-0.05, 0) is 80.5 Å². The molecule has 0 radical (unpaired) electrons. The summed E-state index contributed by atoms with van der Waals surface area (Å²) in [4.78, 5) is 4.84. The largest absolute Gasteiger partial charge is 0.493 e. The highest BCUT2D eigenvalue weighted by Gasteiger charge is 2.20. The van der Waals surface area contributed by atoms with Crippen molar-refractivity contribution in [3.05, 3.63) is 94.3 Å². The molecule has 1 unspecified atom stereocenters. The molecule has 0 aliphatic carbocycles. The maximum Gasteiger partial charge on any atom is 0.143 e. The van der Waals surface area contributed by atoms with E-state index in [1.165, 1.54) is 22.3 Å².